The lowest BCUT2D eigenvalue weighted by Gasteiger charge is -2.14. The number of thiophene rings is 2. The molecule has 0 spiro atoms. The van der Waals surface area contributed by atoms with E-state index >= 15 is 0 Å². The molecule has 292 valence electrons. The van der Waals surface area contributed by atoms with Gasteiger partial charge >= 0.3 is 0 Å². The van der Waals surface area contributed by atoms with Gasteiger partial charge in [-0.25, -0.2) is 0 Å². The lowest BCUT2D eigenvalue weighted by Crippen LogP contribution is -2.02. The Labute approximate surface area is 340 Å². The van der Waals surface area contributed by atoms with E-state index in [2.05, 4.69) is 99.7 Å². The Hall–Kier alpha value is -5.31. The van der Waals surface area contributed by atoms with E-state index < -0.39 is 0 Å². The number of benzene rings is 3. The van der Waals surface area contributed by atoms with Gasteiger partial charge in [0.25, 0.3) is 0 Å². The number of hydrogen-bond acceptors (Lipinski definition) is 8. The number of methoxy groups -OCH3 is 1. The summed E-state index contributed by atoms with van der Waals surface area (Å²) >= 11 is 3.42. The zero-order valence-electron chi connectivity index (χ0n) is 33.0. The molecular weight excluding hydrogens is 737 g/mol. The van der Waals surface area contributed by atoms with Gasteiger partial charge in [-0.3, -0.25) is 4.79 Å². The Morgan fingerprint density at radius 1 is 0.446 bits per heavy atom. The highest BCUT2D eigenvalue weighted by molar-refractivity contribution is 7.14. The van der Waals surface area contributed by atoms with Crippen molar-refractivity contribution in [2.45, 2.75) is 53.4 Å². The van der Waals surface area contributed by atoms with Gasteiger partial charge in [-0.15, -0.1) is 22.7 Å². The summed E-state index contributed by atoms with van der Waals surface area (Å²) in [4.78, 5) is 16.3. The molecule has 0 fully saturated rings. The van der Waals surface area contributed by atoms with Crippen LogP contribution in [0.3, 0.4) is 0 Å². The first-order chi connectivity index (χ1) is 27.5. The fourth-order valence-electron chi connectivity index (χ4n) is 5.52. The third-order valence-electron chi connectivity index (χ3n) is 8.39. The number of hydrogen-bond donors (Lipinski definition) is 0. The highest BCUT2D eigenvalue weighted by atomic mass is 32.1. The first-order valence-electron chi connectivity index (χ1n) is 19.3. The first kappa shape index (κ1) is 41.8. The Morgan fingerprint density at radius 3 is 1.12 bits per heavy atom. The van der Waals surface area contributed by atoms with Gasteiger partial charge < -0.3 is 23.7 Å². The maximum atomic E-state index is 11.8. The van der Waals surface area contributed by atoms with Gasteiger partial charge in [0.1, 0.15) is 28.7 Å². The highest BCUT2D eigenvalue weighted by Crippen LogP contribution is 2.35. The van der Waals surface area contributed by atoms with Crippen LogP contribution in [0, 0.1) is 0 Å². The first-order valence-corrected chi connectivity index (χ1v) is 21.0. The maximum absolute atomic E-state index is 11.8. The van der Waals surface area contributed by atoms with Gasteiger partial charge in [-0.2, -0.15) is 0 Å². The summed E-state index contributed by atoms with van der Waals surface area (Å²) in [6, 6.07) is 24.4. The van der Waals surface area contributed by atoms with Crippen LogP contribution in [-0.4, -0.2) is 39.8 Å². The van der Waals surface area contributed by atoms with Crippen molar-refractivity contribution < 1.29 is 28.5 Å². The van der Waals surface area contributed by atoms with E-state index in [1.807, 2.05) is 43.3 Å². The molecule has 5 aromatic rings. The second-order valence-corrected chi connectivity index (χ2v) is 15.2. The van der Waals surface area contributed by atoms with Crippen molar-refractivity contribution in [1.29, 1.82) is 0 Å². The number of rotatable bonds is 22. The molecule has 6 nitrogen and oxygen atoms in total. The van der Waals surface area contributed by atoms with Crippen molar-refractivity contribution in [3.63, 3.8) is 0 Å². The predicted molar refractivity (Wildman–Crippen MR) is 239 cm³/mol. The fraction of sp³-hybridized carbons (Fsp3) is 0.271. The zero-order valence-corrected chi connectivity index (χ0v) is 34.7. The molecule has 0 bridgehead atoms. The highest BCUT2D eigenvalue weighted by Gasteiger charge is 2.12. The van der Waals surface area contributed by atoms with Crippen molar-refractivity contribution in [1.82, 2.24) is 0 Å². The summed E-state index contributed by atoms with van der Waals surface area (Å²) in [5, 5.41) is 0. The minimum Gasteiger partial charge on any atom is -0.497 e. The molecule has 0 radical (unpaired) electrons. The summed E-state index contributed by atoms with van der Waals surface area (Å²) in [7, 11) is 1.68. The van der Waals surface area contributed by atoms with Crippen LogP contribution in [0.2, 0.25) is 0 Å². The topological polar surface area (TPSA) is 63.2 Å². The monoisotopic (exact) mass is 788 g/mol. The SMILES string of the molecule is CCCOc1cc(/C=C/c2ccc(/C=C/c3cc(OCCC)c(/C=C/c4ccc(/C=C/c5ccc(OC)cc5)s4)cc3OCCC)s2)c(OCCC)cc1C=O. The second kappa shape index (κ2) is 22.3. The van der Waals surface area contributed by atoms with Crippen LogP contribution in [0.15, 0.2) is 72.8 Å². The standard InChI is InChI=1S/C48H52O6S2/c1-6-26-51-45-31-37(14-20-43-24-25-44(56-43)21-15-38-32-48(54-29-9-4)39(34-49)33-47(38)53-28-8-3)46(52-27-7-2)30-36(45)13-19-42-23-22-41(55-42)18-12-35-10-16-40(50-5)17-11-35/h10-25,30-34H,6-9,26-29H2,1-5H3/b18-12+,19-13+,20-14+,21-15+. The molecule has 0 aliphatic carbocycles. The maximum Gasteiger partial charge on any atom is 0.153 e. The zero-order chi connectivity index (χ0) is 39.5. The number of carbonyl (C=O) groups excluding carboxylic acids is 1. The van der Waals surface area contributed by atoms with Crippen molar-refractivity contribution >= 4 is 77.6 Å². The summed E-state index contributed by atoms with van der Waals surface area (Å²) in [6.45, 7) is 10.7. The minimum atomic E-state index is 0.492. The normalized spacial score (nSPS) is 11.7. The molecular formula is C48H52O6S2. The van der Waals surface area contributed by atoms with Gasteiger partial charge in [-0.05, 0) is 134 Å². The molecule has 56 heavy (non-hydrogen) atoms. The third kappa shape index (κ3) is 12.4. The lowest BCUT2D eigenvalue weighted by atomic mass is 10.1. The van der Waals surface area contributed by atoms with E-state index in [-0.39, 0.29) is 0 Å². The molecule has 2 heterocycles. The lowest BCUT2D eigenvalue weighted by molar-refractivity contribution is 0.111. The third-order valence-corrected chi connectivity index (χ3v) is 10.4. The van der Waals surface area contributed by atoms with Gasteiger partial charge in [0.2, 0.25) is 0 Å². The van der Waals surface area contributed by atoms with E-state index in [9.17, 15) is 4.79 Å². The number of ether oxygens (including phenoxy) is 5. The molecule has 0 saturated carbocycles. The quantitative estimate of drug-likeness (QED) is 0.0651. The average Bonchev–Trinajstić information content (AvgIpc) is 3.90. The Kier molecular flexibility index (Phi) is 16.7. The van der Waals surface area contributed by atoms with E-state index in [1.165, 1.54) is 4.88 Å². The predicted octanol–water partition coefficient (Wildman–Crippen LogP) is 13.5. The van der Waals surface area contributed by atoms with Gasteiger partial charge in [-0.1, -0.05) is 45.9 Å². The molecule has 2 aromatic heterocycles. The van der Waals surface area contributed by atoms with Crippen LogP contribution in [0.4, 0.5) is 0 Å². The van der Waals surface area contributed by atoms with Crippen LogP contribution in [-0.2, 0) is 0 Å². The number of carbonyl (C=O) groups is 1. The van der Waals surface area contributed by atoms with Gasteiger partial charge in [0.15, 0.2) is 6.29 Å². The van der Waals surface area contributed by atoms with Crippen molar-refractivity contribution in [3.8, 4) is 28.7 Å². The van der Waals surface area contributed by atoms with E-state index in [0.717, 1.165) is 86.1 Å². The van der Waals surface area contributed by atoms with Crippen molar-refractivity contribution in [2.75, 3.05) is 33.5 Å². The van der Waals surface area contributed by atoms with Crippen LogP contribution in [0.25, 0.3) is 48.6 Å². The Bertz CT molecular complexity index is 2120. The molecule has 0 aliphatic rings. The summed E-state index contributed by atoms with van der Waals surface area (Å²) in [6.07, 6.45) is 21.2. The summed E-state index contributed by atoms with van der Waals surface area (Å²) < 4.78 is 29.8. The smallest absolute Gasteiger partial charge is 0.153 e. The molecule has 0 aliphatic heterocycles. The Balaban J connectivity index is 1.36. The van der Waals surface area contributed by atoms with Crippen LogP contribution < -0.4 is 23.7 Å². The molecule has 5 rings (SSSR count). The largest absolute Gasteiger partial charge is 0.497 e. The van der Waals surface area contributed by atoms with Gasteiger partial charge in [0.05, 0.1) is 39.1 Å². The van der Waals surface area contributed by atoms with Gasteiger partial charge in [0, 0.05) is 36.2 Å². The minimum absolute atomic E-state index is 0.492. The molecule has 0 atom stereocenters. The molecule has 3 aromatic carbocycles. The summed E-state index contributed by atoms with van der Waals surface area (Å²) in [5.41, 5.74) is 4.42. The fourth-order valence-corrected chi connectivity index (χ4v) is 7.15. The van der Waals surface area contributed by atoms with Crippen LogP contribution >= 0.6 is 22.7 Å². The van der Waals surface area contributed by atoms with Crippen molar-refractivity contribution in [2.24, 2.45) is 0 Å². The molecule has 8 heteroatoms. The second-order valence-electron chi connectivity index (χ2n) is 13.0. The average molecular weight is 789 g/mol. The van der Waals surface area contributed by atoms with Crippen molar-refractivity contribution in [3.05, 3.63) is 120 Å². The van der Waals surface area contributed by atoms with E-state index in [0.29, 0.717) is 43.5 Å². The molecule has 0 N–H and O–H groups in total. The van der Waals surface area contributed by atoms with E-state index in [4.69, 9.17) is 23.7 Å². The van der Waals surface area contributed by atoms with Crippen LogP contribution in [0.5, 0.6) is 28.7 Å². The molecule has 0 saturated heterocycles. The van der Waals surface area contributed by atoms with Crippen LogP contribution in [0.1, 0.15) is 105 Å². The molecule has 0 unspecified atom stereocenters. The Morgan fingerprint density at radius 2 is 0.786 bits per heavy atom. The summed E-state index contributed by atoms with van der Waals surface area (Å²) in [5.74, 6) is 3.73. The molecule has 0 amide bonds. The number of aldehydes is 1. The van der Waals surface area contributed by atoms with E-state index in [1.54, 1.807) is 35.8 Å².